The molecule has 1 fully saturated rings. The van der Waals surface area contributed by atoms with E-state index in [1.54, 1.807) is 6.92 Å². The Morgan fingerprint density at radius 3 is 2.67 bits per heavy atom. The minimum Gasteiger partial charge on any atom is -0.491 e. The molecule has 1 aromatic rings. The molecule has 2 rings (SSSR count). The van der Waals surface area contributed by atoms with Crippen molar-refractivity contribution < 1.29 is 9.53 Å². The van der Waals surface area contributed by atoms with Gasteiger partial charge < -0.3 is 4.74 Å². The van der Waals surface area contributed by atoms with Crippen LogP contribution in [0.5, 0.6) is 5.75 Å². The van der Waals surface area contributed by atoms with Gasteiger partial charge in [-0.15, -0.1) is 0 Å². The fourth-order valence-corrected chi connectivity index (χ4v) is 2.70. The normalized spacial score (nSPS) is 19.4. The summed E-state index contributed by atoms with van der Waals surface area (Å²) in [4.78, 5) is 16.4. The predicted octanol–water partition coefficient (Wildman–Crippen LogP) is 2.29. The van der Waals surface area contributed by atoms with Crippen molar-refractivity contribution >= 4 is 5.78 Å². The number of benzene rings is 1. The van der Waals surface area contributed by atoms with Gasteiger partial charge in [0, 0.05) is 31.7 Å². The maximum absolute atomic E-state index is 11.6. The molecule has 0 aliphatic carbocycles. The molecule has 116 valence electrons. The van der Waals surface area contributed by atoms with E-state index in [0.29, 0.717) is 17.9 Å². The van der Waals surface area contributed by atoms with E-state index in [-0.39, 0.29) is 11.3 Å². The van der Waals surface area contributed by atoms with Crippen molar-refractivity contribution in [1.82, 2.24) is 9.80 Å². The first-order valence-corrected chi connectivity index (χ1v) is 7.56. The maximum atomic E-state index is 11.6. The van der Waals surface area contributed by atoms with Gasteiger partial charge in [-0.3, -0.25) is 14.6 Å². The second-order valence-corrected chi connectivity index (χ2v) is 6.41. The minimum atomic E-state index is 0.0475. The molecule has 0 amide bonds. The molecule has 1 heterocycles. The molecule has 4 heteroatoms. The van der Waals surface area contributed by atoms with Gasteiger partial charge in [0.25, 0.3) is 0 Å². The third-order valence-corrected chi connectivity index (χ3v) is 4.33. The van der Waals surface area contributed by atoms with Crippen LogP contribution in [0.2, 0.25) is 0 Å². The highest BCUT2D eigenvalue weighted by atomic mass is 16.5. The van der Waals surface area contributed by atoms with Crippen molar-refractivity contribution in [1.29, 1.82) is 0 Å². The fraction of sp³-hybridized carbons (Fsp3) is 0.588. The highest BCUT2D eigenvalue weighted by molar-refractivity contribution is 5.96. The monoisotopic (exact) mass is 290 g/mol. The lowest BCUT2D eigenvalue weighted by molar-refractivity contribution is 0.0337. The Morgan fingerprint density at radius 2 is 2.00 bits per heavy atom. The standard InChI is InChI=1S/C17H26N2O2/c1-14(20)15-7-5-6-8-16(15)21-12-11-19-10-9-18(4)17(2,3)13-19/h5-8H,9-13H2,1-4H3. The van der Waals surface area contributed by atoms with Crippen molar-refractivity contribution in [3.63, 3.8) is 0 Å². The maximum Gasteiger partial charge on any atom is 0.163 e. The number of hydrogen-bond acceptors (Lipinski definition) is 4. The number of hydrogen-bond donors (Lipinski definition) is 0. The van der Waals surface area contributed by atoms with Gasteiger partial charge in [-0.25, -0.2) is 0 Å². The summed E-state index contributed by atoms with van der Waals surface area (Å²) in [5.41, 5.74) is 0.867. The van der Waals surface area contributed by atoms with E-state index >= 15 is 0 Å². The van der Waals surface area contributed by atoms with E-state index in [2.05, 4.69) is 30.7 Å². The Balaban J connectivity index is 1.87. The van der Waals surface area contributed by atoms with Crippen LogP contribution in [0.1, 0.15) is 31.1 Å². The van der Waals surface area contributed by atoms with E-state index in [1.165, 1.54) is 0 Å². The summed E-state index contributed by atoms with van der Waals surface area (Å²) in [6.45, 7) is 10.8. The number of para-hydroxylation sites is 1. The van der Waals surface area contributed by atoms with Gasteiger partial charge >= 0.3 is 0 Å². The van der Waals surface area contributed by atoms with E-state index in [0.717, 1.165) is 26.2 Å². The zero-order chi connectivity index (χ0) is 15.5. The summed E-state index contributed by atoms with van der Waals surface area (Å²) < 4.78 is 5.82. The molecule has 0 aromatic heterocycles. The molecule has 0 radical (unpaired) electrons. The predicted molar refractivity (Wildman–Crippen MR) is 85.1 cm³/mol. The number of ether oxygens (including phenoxy) is 1. The molecular weight excluding hydrogens is 264 g/mol. The molecule has 21 heavy (non-hydrogen) atoms. The lowest BCUT2D eigenvalue weighted by atomic mass is 10.00. The summed E-state index contributed by atoms with van der Waals surface area (Å²) >= 11 is 0. The van der Waals surface area contributed by atoms with Crippen molar-refractivity contribution in [2.24, 2.45) is 0 Å². The van der Waals surface area contributed by atoms with Crippen LogP contribution in [0.3, 0.4) is 0 Å². The van der Waals surface area contributed by atoms with Crippen LogP contribution in [-0.2, 0) is 0 Å². The first-order chi connectivity index (χ1) is 9.90. The van der Waals surface area contributed by atoms with Crippen LogP contribution in [0.4, 0.5) is 0 Å². The number of Topliss-reactive ketones (excluding diaryl/α,β-unsaturated/α-hetero) is 1. The molecule has 1 saturated heterocycles. The zero-order valence-corrected chi connectivity index (χ0v) is 13.6. The second-order valence-electron chi connectivity index (χ2n) is 6.41. The van der Waals surface area contributed by atoms with Crippen LogP contribution < -0.4 is 4.74 Å². The van der Waals surface area contributed by atoms with E-state index < -0.39 is 0 Å². The smallest absolute Gasteiger partial charge is 0.163 e. The molecule has 1 aromatic carbocycles. The van der Waals surface area contributed by atoms with Crippen LogP contribution in [0.25, 0.3) is 0 Å². The average Bonchev–Trinajstić information content (AvgIpc) is 2.43. The number of ketones is 1. The van der Waals surface area contributed by atoms with Gasteiger partial charge in [0.2, 0.25) is 0 Å². The molecule has 0 saturated carbocycles. The molecule has 0 atom stereocenters. The molecule has 0 bridgehead atoms. The minimum absolute atomic E-state index is 0.0475. The third-order valence-electron chi connectivity index (χ3n) is 4.33. The quantitative estimate of drug-likeness (QED) is 0.779. The van der Waals surface area contributed by atoms with Crippen LogP contribution >= 0.6 is 0 Å². The largest absolute Gasteiger partial charge is 0.491 e. The van der Waals surface area contributed by atoms with Crippen molar-refractivity contribution in [2.75, 3.05) is 39.8 Å². The SMILES string of the molecule is CC(=O)c1ccccc1OCCN1CCN(C)C(C)(C)C1. The summed E-state index contributed by atoms with van der Waals surface area (Å²) in [6, 6.07) is 7.45. The lowest BCUT2D eigenvalue weighted by Crippen LogP contribution is -2.58. The molecule has 1 aliphatic rings. The van der Waals surface area contributed by atoms with Crippen LogP contribution in [0, 0.1) is 0 Å². The van der Waals surface area contributed by atoms with Gasteiger partial charge in [-0.05, 0) is 40.0 Å². The Kier molecular flexibility index (Phi) is 5.01. The number of piperazine rings is 1. The Hall–Kier alpha value is -1.39. The van der Waals surface area contributed by atoms with Gasteiger partial charge in [0.1, 0.15) is 12.4 Å². The first kappa shape index (κ1) is 16.0. The summed E-state index contributed by atoms with van der Waals surface area (Å²) in [5.74, 6) is 0.740. The van der Waals surface area contributed by atoms with Crippen molar-refractivity contribution in [3.8, 4) is 5.75 Å². The summed E-state index contributed by atoms with van der Waals surface area (Å²) in [5, 5.41) is 0. The summed E-state index contributed by atoms with van der Waals surface area (Å²) in [7, 11) is 2.18. The number of carbonyl (C=O) groups is 1. The van der Waals surface area contributed by atoms with Gasteiger partial charge in [-0.2, -0.15) is 0 Å². The topological polar surface area (TPSA) is 32.8 Å². The molecule has 0 spiro atoms. The molecular formula is C17H26N2O2. The average molecular weight is 290 g/mol. The second kappa shape index (κ2) is 6.58. The van der Waals surface area contributed by atoms with Gasteiger partial charge in [0.05, 0.1) is 5.56 Å². The highest BCUT2D eigenvalue weighted by Gasteiger charge is 2.30. The van der Waals surface area contributed by atoms with E-state index in [9.17, 15) is 4.79 Å². The number of nitrogens with zero attached hydrogens (tertiary/aromatic N) is 2. The van der Waals surface area contributed by atoms with Gasteiger partial charge in [-0.1, -0.05) is 12.1 Å². The third kappa shape index (κ3) is 4.05. The molecule has 0 unspecified atom stereocenters. The number of likely N-dealkylation sites (N-methyl/N-ethyl adjacent to an activating group) is 1. The Morgan fingerprint density at radius 1 is 1.29 bits per heavy atom. The molecule has 1 aliphatic heterocycles. The van der Waals surface area contributed by atoms with Crippen molar-refractivity contribution in [3.05, 3.63) is 29.8 Å². The van der Waals surface area contributed by atoms with E-state index in [4.69, 9.17) is 4.74 Å². The Bertz CT molecular complexity index is 499. The van der Waals surface area contributed by atoms with E-state index in [1.807, 2.05) is 24.3 Å². The summed E-state index contributed by atoms with van der Waals surface area (Å²) in [6.07, 6.45) is 0. The highest BCUT2D eigenvalue weighted by Crippen LogP contribution is 2.20. The first-order valence-electron chi connectivity index (χ1n) is 7.56. The Labute approximate surface area is 127 Å². The van der Waals surface area contributed by atoms with Gasteiger partial charge in [0.15, 0.2) is 5.78 Å². The molecule has 0 N–H and O–H groups in total. The van der Waals surface area contributed by atoms with Crippen LogP contribution in [-0.4, -0.2) is 61.0 Å². The van der Waals surface area contributed by atoms with Crippen LogP contribution in [0.15, 0.2) is 24.3 Å². The lowest BCUT2D eigenvalue weighted by Gasteiger charge is -2.45. The van der Waals surface area contributed by atoms with Crippen molar-refractivity contribution in [2.45, 2.75) is 26.3 Å². The number of carbonyl (C=O) groups excluding carboxylic acids is 1. The number of rotatable bonds is 5. The fourth-order valence-electron chi connectivity index (χ4n) is 2.70. The zero-order valence-electron chi connectivity index (χ0n) is 13.6. The molecule has 4 nitrogen and oxygen atoms in total.